The van der Waals surface area contributed by atoms with E-state index in [9.17, 15) is 0 Å². The van der Waals surface area contributed by atoms with Gasteiger partial charge in [0.2, 0.25) is 0 Å². The molecule has 3 N–H and O–H groups in total. The Kier molecular flexibility index (Phi) is 3.61. The first kappa shape index (κ1) is 14.8. The smallest absolute Gasteiger partial charge is 0.254 e. The van der Waals surface area contributed by atoms with Crippen molar-refractivity contribution in [1.29, 1.82) is 0 Å². The first-order valence-corrected chi connectivity index (χ1v) is 8.88. The molecule has 0 bridgehead atoms. The minimum atomic E-state index is 0.446. The highest BCUT2D eigenvalue weighted by atomic mass is 15.4. The molecular formula is C18H21N7. The average molecular weight is 335 g/mol. The SMILES string of the molecule is c1ccc(-c2cc(NC3CCC4NNCC4C3)n3ncnc3n2)cc1. The van der Waals surface area contributed by atoms with Crippen molar-refractivity contribution in [3.63, 3.8) is 0 Å². The van der Waals surface area contributed by atoms with Crippen LogP contribution in [0.5, 0.6) is 0 Å². The molecule has 128 valence electrons. The molecule has 0 spiro atoms. The summed E-state index contributed by atoms with van der Waals surface area (Å²) < 4.78 is 1.80. The van der Waals surface area contributed by atoms with Crippen LogP contribution in [0.25, 0.3) is 17.0 Å². The molecule has 7 nitrogen and oxygen atoms in total. The van der Waals surface area contributed by atoms with Gasteiger partial charge < -0.3 is 5.32 Å². The van der Waals surface area contributed by atoms with E-state index >= 15 is 0 Å². The lowest BCUT2D eigenvalue weighted by Gasteiger charge is -2.31. The van der Waals surface area contributed by atoms with Gasteiger partial charge in [-0.1, -0.05) is 30.3 Å². The molecule has 3 aromatic rings. The molecule has 5 rings (SSSR count). The van der Waals surface area contributed by atoms with E-state index in [1.54, 1.807) is 10.8 Å². The monoisotopic (exact) mass is 335 g/mol. The van der Waals surface area contributed by atoms with Gasteiger partial charge in [0.15, 0.2) is 0 Å². The minimum Gasteiger partial charge on any atom is -0.367 e. The zero-order chi connectivity index (χ0) is 16.6. The summed E-state index contributed by atoms with van der Waals surface area (Å²) in [6, 6.07) is 13.3. The van der Waals surface area contributed by atoms with Crippen molar-refractivity contribution < 1.29 is 0 Å². The number of hydrogen-bond acceptors (Lipinski definition) is 6. The molecule has 3 unspecified atom stereocenters. The van der Waals surface area contributed by atoms with E-state index < -0.39 is 0 Å². The highest BCUT2D eigenvalue weighted by Crippen LogP contribution is 2.29. The fourth-order valence-corrected chi connectivity index (χ4v) is 4.01. The molecule has 0 amide bonds. The number of nitrogens with zero attached hydrogens (tertiary/aromatic N) is 4. The van der Waals surface area contributed by atoms with Gasteiger partial charge in [-0.05, 0) is 25.2 Å². The average Bonchev–Trinajstić information content (AvgIpc) is 3.31. The quantitative estimate of drug-likeness (QED) is 0.678. The first-order valence-electron chi connectivity index (χ1n) is 8.88. The Bertz CT molecular complexity index is 876. The molecule has 1 aromatic carbocycles. The van der Waals surface area contributed by atoms with E-state index in [1.165, 1.54) is 6.42 Å². The Labute approximate surface area is 145 Å². The van der Waals surface area contributed by atoms with Gasteiger partial charge in [0, 0.05) is 30.3 Å². The first-order chi connectivity index (χ1) is 12.4. The minimum absolute atomic E-state index is 0.446. The van der Waals surface area contributed by atoms with Crippen LogP contribution in [0, 0.1) is 5.92 Å². The summed E-state index contributed by atoms with van der Waals surface area (Å²) in [5, 5.41) is 8.04. The van der Waals surface area contributed by atoms with Gasteiger partial charge in [-0.25, -0.2) is 4.98 Å². The lowest BCUT2D eigenvalue weighted by Crippen LogP contribution is -2.39. The van der Waals surface area contributed by atoms with Gasteiger partial charge in [-0.2, -0.15) is 14.6 Å². The number of anilines is 1. The molecule has 25 heavy (non-hydrogen) atoms. The summed E-state index contributed by atoms with van der Waals surface area (Å²) in [5.41, 5.74) is 8.68. The normalized spacial score (nSPS) is 25.8. The zero-order valence-electron chi connectivity index (χ0n) is 13.9. The van der Waals surface area contributed by atoms with Gasteiger partial charge in [-0.15, -0.1) is 0 Å². The third-order valence-electron chi connectivity index (χ3n) is 5.31. The molecule has 2 aromatic heterocycles. The summed E-state index contributed by atoms with van der Waals surface area (Å²) in [7, 11) is 0. The predicted molar refractivity (Wildman–Crippen MR) is 95.9 cm³/mol. The van der Waals surface area contributed by atoms with E-state index in [1.807, 2.05) is 18.2 Å². The van der Waals surface area contributed by atoms with Crippen molar-refractivity contribution >= 4 is 11.6 Å². The Morgan fingerprint density at radius 3 is 3.00 bits per heavy atom. The number of hydrogen-bond donors (Lipinski definition) is 3. The summed E-state index contributed by atoms with van der Waals surface area (Å²) in [6.07, 6.45) is 5.05. The van der Waals surface area contributed by atoms with E-state index in [0.717, 1.165) is 36.5 Å². The molecule has 1 saturated carbocycles. The van der Waals surface area contributed by atoms with Crippen molar-refractivity contribution in [3.8, 4) is 11.3 Å². The maximum absolute atomic E-state index is 4.64. The lowest BCUT2D eigenvalue weighted by atomic mass is 9.83. The molecule has 3 atom stereocenters. The Morgan fingerprint density at radius 1 is 1.16 bits per heavy atom. The molecule has 7 heteroatoms. The van der Waals surface area contributed by atoms with E-state index in [2.05, 4.69) is 49.4 Å². The van der Waals surface area contributed by atoms with Crippen LogP contribution >= 0.6 is 0 Å². The fraction of sp³-hybridized carbons (Fsp3) is 0.389. The van der Waals surface area contributed by atoms with Crippen LogP contribution in [-0.2, 0) is 0 Å². The second-order valence-corrected chi connectivity index (χ2v) is 6.91. The molecule has 1 aliphatic carbocycles. The number of aromatic nitrogens is 4. The van der Waals surface area contributed by atoms with Crippen molar-refractivity contribution in [1.82, 2.24) is 30.4 Å². The number of fused-ring (bicyclic) bond motifs is 2. The maximum Gasteiger partial charge on any atom is 0.254 e. The highest BCUT2D eigenvalue weighted by Gasteiger charge is 2.33. The van der Waals surface area contributed by atoms with Gasteiger partial charge in [0.05, 0.1) is 5.69 Å². The Balaban J connectivity index is 1.47. The van der Waals surface area contributed by atoms with Gasteiger partial charge >= 0.3 is 0 Å². The van der Waals surface area contributed by atoms with Gasteiger partial charge in [0.25, 0.3) is 5.78 Å². The third-order valence-corrected chi connectivity index (χ3v) is 5.31. The maximum atomic E-state index is 4.64. The van der Waals surface area contributed by atoms with Crippen molar-refractivity contribution in [2.24, 2.45) is 5.92 Å². The standard InChI is InChI=1S/C18H21N7/c1-2-4-12(5-3-1)16-9-17(25-18(23-16)19-11-21-25)22-14-6-7-15-13(8-14)10-20-24-15/h1-5,9,11,13-15,20,22,24H,6-8,10H2. The second-order valence-electron chi connectivity index (χ2n) is 6.91. The molecule has 0 radical (unpaired) electrons. The topological polar surface area (TPSA) is 79.2 Å². The lowest BCUT2D eigenvalue weighted by molar-refractivity contribution is 0.314. The highest BCUT2D eigenvalue weighted by molar-refractivity contribution is 5.65. The molecule has 1 saturated heterocycles. The summed E-state index contributed by atoms with van der Waals surface area (Å²) in [6.45, 7) is 1.05. The van der Waals surface area contributed by atoms with Crippen molar-refractivity contribution in [2.45, 2.75) is 31.3 Å². The van der Waals surface area contributed by atoms with E-state index in [4.69, 9.17) is 0 Å². The van der Waals surface area contributed by atoms with Crippen LogP contribution in [0.4, 0.5) is 5.82 Å². The van der Waals surface area contributed by atoms with Crippen LogP contribution in [0.3, 0.4) is 0 Å². The van der Waals surface area contributed by atoms with Crippen LogP contribution in [0.15, 0.2) is 42.7 Å². The van der Waals surface area contributed by atoms with Crippen molar-refractivity contribution in [3.05, 3.63) is 42.7 Å². The fourth-order valence-electron chi connectivity index (χ4n) is 4.01. The van der Waals surface area contributed by atoms with Crippen LogP contribution in [0.2, 0.25) is 0 Å². The molecular weight excluding hydrogens is 314 g/mol. The Hall–Kier alpha value is -2.51. The summed E-state index contributed by atoms with van der Waals surface area (Å²) in [4.78, 5) is 8.93. The van der Waals surface area contributed by atoms with Gasteiger partial charge in [-0.3, -0.25) is 10.9 Å². The number of hydrazine groups is 1. The van der Waals surface area contributed by atoms with Crippen molar-refractivity contribution in [2.75, 3.05) is 11.9 Å². The predicted octanol–water partition coefficient (Wildman–Crippen LogP) is 1.85. The van der Waals surface area contributed by atoms with Crippen LogP contribution in [0.1, 0.15) is 19.3 Å². The molecule has 2 aliphatic rings. The zero-order valence-corrected chi connectivity index (χ0v) is 13.9. The number of nitrogens with one attached hydrogen (secondary N) is 3. The molecule has 3 heterocycles. The summed E-state index contributed by atoms with van der Waals surface area (Å²) >= 11 is 0. The number of rotatable bonds is 3. The second kappa shape index (κ2) is 6.09. The summed E-state index contributed by atoms with van der Waals surface area (Å²) in [5.74, 6) is 2.28. The van der Waals surface area contributed by atoms with Crippen LogP contribution in [-0.4, -0.2) is 38.2 Å². The van der Waals surface area contributed by atoms with Crippen LogP contribution < -0.4 is 16.2 Å². The van der Waals surface area contributed by atoms with E-state index in [0.29, 0.717) is 23.8 Å². The molecule has 1 aliphatic heterocycles. The van der Waals surface area contributed by atoms with E-state index in [-0.39, 0.29) is 0 Å². The Morgan fingerprint density at radius 2 is 2.08 bits per heavy atom. The largest absolute Gasteiger partial charge is 0.367 e. The van der Waals surface area contributed by atoms with Gasteiger partial charge in [0.1, 0.15) is 12.1 Å². The third kappa shape index (κ3) is 2.75. The number of benzene rings is 1. The molecule has 2 fully saturated rings.